The van der Waals surface area contributed by atoms with Gasteiger partial charge in [-0.05, 0) is 24.5 Å². The van der Waals surface area contributed by atoms with Crippen LogP contribution in [-0.4, -0.2) is 77.5 Å². The lowest BCUT2D eigenvalue weighted by Crippen LogP contribution is -2.33. The maximum Gasteiger partial charge on any atom is 0.244 e. The van der Waals surface area contributed by atoms with Crippen molar-refractivity contribution >= 4 is 38.6 Å². The fourth-order valence-corrected chi connectivity index (χ4v) is 6.90. The van der Waals surface area contributed by atoms with Crippen LogP contribution in [0.25, 0.3) is 16.7 Å². The Labute approximate surface area is 254 Å². The van der Waals surface area contributed by atoms with E-state index in [0.717, 1.165) is 12.8 Å². The molecular weight excluding hydrogens is 586 g/mol. The number of aromatic nitrogens is 5. The highest BCUT2D eigenvalue weighted by atomic mass is 32.2. The Kier molecular flexibility index (Phi) is 8.01. The molecule has 13 nitrogen and oxygen atoms in total. The van der Waals surface area contributed by atoms with Crippen LogP contribution in [0.4, 0.5) is 17.6 Å². The first-order valence-corrected chi connectivity index (χ1v) is 15.6. The molecule has 1 fully saturated rings. The fraction of sp³-hybridized carbons (Fsp3) is 0.300. The largest absolute Gasteiger partial charge is 0.493 e. The molecule has 44 heavy (non-hydrogen) atoms. The highest BCUT2D eigenvalue weighted by molar-refractivity contribution is 7.89. The lowest BCUT2D eigenvalue weighted by Gasteiger charge is -2.25. The molecule has 6 rings (SSSR count). The summed E-state index contributed by atoms with van der Waals surface area (Å²) in [5.74, 6) is 2.40. The van der Waals surface area contributed by atoms with Gasteiger partial charge in [-0.25, -0.2) is 17.4 Å². The third kappa shape index (κ3) is 5.49. The van der Waals surface area contributed by atoms with Gasteiger partial charge in [-0.15, -0.1) is 0 Å². The topological polar surface area (TPSA) is 146 Å². The van der Waals surface area contributed by atoms with Crippen LogP contribution in [0.3, 0.4) is 0 Å². The van der Waals surface area contributed by atoms with E-state index in [9.17, 15) is 13.5 Å². The molecule has 1 aliphatic heterocycles. The molecule has 14 heteroatoms. The van der Waals surface area contributed by atoms with Crippen molar-refractivity contribution in [3.05, 3.63) is 72.8 Å². The number of methoxy groups -OCH3 is 3. The van der Waals surface area contributed by atoms with Crippen LogP contribution >= 0.6 is 0 Å². The molecule has 1 aliphatic rings. The summed E-state index contributed by atoms with van der Waals surface area (Å²) in [7, 11) is 0.813. The fourth-order valence-electron chi connectivity index (χ4n) is 5.49. The molecule has 0 bridgehead atoms. The molecule has 0 radical (unpaired) electrons. The van der Waals surface area contributed by atoms with E-state index < -0.39 is 10.0 Å². The second-order valence-corrected chi connectivity index (χ2v) is 12.2. The van der Waals surface area contributed by atoms with Gasteiger partial charge < -0.3 is 34.1 Å². The van der Waals surface area contributed by atoms with Crippen LogP contribution in [0, 0.1) is 0 Å². The number of aliphatic hydroxyl groups is 1. The summed E-state index contributed by atoms with van der Waals surface area (Å²) in [6, 6.07) is 14.2. The molecule has 2 N–H and O–H groups in total. The zero-order chi connectivity index (χ0) is 30.8. The van der Waals surface area contributed by atoms with E-state index >= 15 is 0 Å². The maximum atomic E-state index is 13.6. The lowest BCUT2D eigenvalue weighted by atomic mass is 10.2. The number of anilines is 3. The minimum absolute atomic E-state index is 0.0412. The summed E-state index contributed by atoms with van der Waals surface area (Å²) >= 11 is 0. The summed E-state index contributed by atoms with van der Waals surface area (Å²) in [6.45, 7) is 0.634. The van der Waals surface area contributed by atoms with Crippen molar-refractivity contribution in [1.82, 2.24) is 23.5 Å². The van der Waals surface area contributed by atoms with Crippen molar-refractivity contribution in [1.29, 1.82) is 0 Å². The normalized spacial score (nSPS) is 15.1. The van der Waals surface area contributed by atoms with Crippen LogP contribution in [0.2, 0.25) is 0 Å². The summed E-state index contributed by atoms with van der Waals surface area (Å²) < 4.78 is 46.5. The molecule has 0 saturated carbocycles. The molecule has 0 amide bonds. The summed E-state index contributed by atoms with van der Waals surface area (Å²) in [5, 5.41) is 13.8. The van der Waals surface area contributed by atoms with Crippen LogP contribution in [0.15, 0.2) is 67.3 Å². The molecular formula is C30H33N7O6S. The predicted molar refractivity (Wildman–Crippen MR) is 166 cm³/mol. The minimum atomic E-state index is -3.82. The van der Waals surface area contributed by atoms with E-state index in [1.807, 2.05) is 11.0 Å². The van der Waals surface area contributed by atoms with E-state index in [2.05, 4.69) is 15.3 Å². The molecule has 1 atom stereocenters. The Bertz CT molecular complexity index is 1870. The Morgan fingerprint density at radius 1 is 1.02 bits per heavy atom. The number of ether oxygens (including phenoxy) is 3. The zero-order valence-corrected chi connectivity index (χ0v) is 25.4. The van der Waals surface area contributed by atoms with Gasteiger partial charge in [0.15, 0.2) is 23.0 Å². The van der Waals surface area contributed by atoms with Gasteiger partial charge in [-0.1, -0.05) is 30.3 Å². The smallest absolute Gasteiger partial charge is 0.244 e. The summed E-state index contributed by atoms with van der Waals surface area (Å²) in [6.07, 6.45) is 6.54. The molecule has 230 valence electrons. The summed E-state index contributed by atoms with van der Waals surface area (Å²) in [4.78, 5) is 15.9. The number of imidazole rings is 1. The number of nitrogens with one attached hydrogen (secondary N) is 1. The Morgan fingerprint density at radius 3 is 2.45 bits per heavy atom. The first kappa shape index (κ1) is 29.3. The first-order chi connectivity index (χ1) is 21.3. The van der Waals surface area contributed by atoms with Gasteiger partial charge in [0.05, 0.1) is 57.0 Å². The van der Waals surface area contributed by atoms with Crippen molar-refractivity contribution in [2.45, 2.75) is 24.6 Å². The quantitative estimate of drug-likeness (QED) is 0.223. The third-order valence-electron chi connectivity index (χ3n) is 7.61. The molecule has 1 saturated heterocycles. The van der Waals surface area contributed by atoms with Gasteiger partial charge in [0, 0.05) is 24.9 Å². The number of hydrogen-bond donors (Lipinski definition) is 2. The van der Waals surface area contributed by atoms with E-state index in [0.29, 0.717) is 52.1 Å². The second-order valence-electron chi connectivity index (χ2n) is 10.3. The molecule has 3 aromatic heterocycles. The zero-order valence-electron chi connectivity index (χ0n) is 24.5. The molecule has 2 aromatic carbocycles. The number of fused-ring (bicyclic) bond motifs is 1. The number of rotatable bonds is 11. The van der Waals surface area contributed by atoms with Gasteiger partial charge in [0.1, 0.15) is 12.1 Å². The van der Waals surface area contributed by atoms with Gasteiger partial charge in [-0.3, -0.25) is 0 Å². The van der Waals surface area contributed by atoms with Gasteiger partial charge >= 0.3 is 0 Å². The lowest BCUT2D eigenvalue weighted by molar-refractivity contribution is 0.266. The van der Waals surface area contributed by atoms with Crippen molar-refractivity contribution in [2.24, 2.45) is 0 Å². The average molecular weight is 620 g/mol. The van der Waals surface area contributed by atoms with E-state index in [1.54, 1.807) is 80.9 Å². The number of benzene rings is 2. The number of nitrogens with zero attached hydrogens (tertiary/aromatic N) is 6. The maximum absolute atomic E-state index is 13.6. The predicted octanol–water partition coefficient (Wildman–Crippen LogP) is 3.73. The van der Waals surface area contributed by atoms with Gasteiger partial charge in [0.2, 0.25) is 21.7 Å². The molecule has 0 unspecified atom stereocenters. The monoisotopic (exact) mass is 619 g/mol. The number of hydrogen-bond acceptors (Lipinski definition) is 11. The van der Waals surface area contributed by atoms with Crippen molar-refractivity contribution in [3.63, 3.8) is 0 Å². The van der Waals surface area contributed by atoms with Crippen LogP contribution in [-0.2, 0) is 15.8 Å². The van der Waals surface area contributed by atoms with E-state index in [4.69, 9.17) is 19.2 Å². The van der Waals surface area contributed by atoms with E-state index in [-0.39, 0.29) is 30.0 Å². The van der Waals surface area contributed by atoms with Gasteiger partial charge in [0.25, 0.3) is 0 Å². The molecule has 0 spiro atoms. The van der Waals surface area contributed by atoms with Crippen molar-refractivity contribution < 1.29 is 27.7 Å². The Hall–Kier alpha value is -4.82. The van der Waals surface area contributed by atoms with Gasteiger partial charge in [-0.2, -0.15) is 9.97 Å². The second kappa shape index (κ2) is 12.1. The molecule has 5 aromatic rings. The highest BCUT2D eigenvalue weighted by Gasteiger charge is 2.29. The first-order valence-electron chi connectivity index (χ1n) is 14.0. The Morgan fingerprint density at radius 2 is 1.77 bits per heavy atom. The third-order valence-corrected chi connectivity index (χ3v) is 9.20. The highest BCUT2D eigenvalue weighted by Crippen LogP contribution is 2.39. The molecule has 0 aliphatic carbocycles. The SMILES string of the molecule is COc1cc(-n2cnc(Nc3nc(N4CCC[C@@H]4CO)c4ccn(S(=O)(=O)Cc5ccccc5)c4n3)c2)cc(OC)c1OC. The minimum Gasteiger partial charge on any atom is -0.493 e. The van der Waals surface area contributed by atoms with Crippen LogP contribution in [0.5, 0.6) is 17.2 Å². The standard InChI is InChI=1S/C30H33N7O6S/c1-41-24-14-22(15-25(42-2)27(24)43-3)35-16-26(31-19-35)32-30-33-28(36-12-7-10-21(36)17-38)23-11-13-37(29(23)34-30)44(39,40)18-20-8-5-4-6-9-20/h4-6,8-9,11,13-16,19,21,38H,7,10,12,17-18H2,1-3H3,(H,32,33,34)/t21-/m1/s1. The van der Waals surface area contributed by atoms with Crippen LogP contribution < -0.4 is 24.4 Å². The van der Waals surface area contributed by atoms with E-state index in [1.165, 1.54) is 10.2 Å². The summed E-state index contributed by atoms with van der Waals surface area (Å²) in [5.41, 5.74) is 1.61. The number of aliphatic hydroxyl groups excluding tert-OH is 1. The van der Waals surface area contributed by atoms with Crippen molar-refractivity contribution in [2.75, 3.05) is 44.7 Å². The van der Waals surface area contributed by atoms with Crippen molar-refractivity contribution in [3.8, 4) is 22.9 Å². The molecule has 4 heterocycles. The van der Waals surface area contributed by atoms with Crippen LogP contribution in [0.1, 0.15) is 18.4 Å². The average Bonchev–Trinajstić information content (AvgIpc) is 3.80. The Balaban J connectivity index is 1.39.